The average Bonchev–Trinajstić information content (AvgIpc) is 3.07. The topological polar surface area (TPSA) is 35.1 Å². The molecule has 0 bridgehead atoms. The summed E-state index contributed by atoms with van der Waals surface area (Å²) >= 11 is 6.21. The molecule has 2 heterocycles. The van der Waals surface area contributed by atoms with Crippen molar-refractivity contribution < 1.29 is 14.1 Å². The van der Waals surface area contributed by atoms with Crippen LogP contribution in [0.5, 0.6) is 0 Å². The number of imidazole rings is 1. The first-order chi connectivity index (χ1) is 13.2. The van der Waals surface area contributed by atoms with Crippen LogP contribution in [0.4, 0.5) is 0 Å². The molecule has 0 amide bonds. The van der Waals surface area contributed by atoms with Gasteiger partial charge < -0.3 is 4.74 Å². The molecule has 0 atom stereocenters. The maximum Gasteiger partial charge on any atom is 0.337 e. The predicted octanol–water partition coefficient (Wildman–Crippen LogP) is 4.27. The Balaban J connectivity index is 1.68. The van der Waals surface area contributed by atoms with Crippen LogP contribution in [-0.4, -0.2) is 17.6 Å². The minimum Gasteiger partial charge on any atom is -0.465 e. The van der Waals surface area contributed by atoms with Crippen LogP contribution < -0.4 is 4.57 Å². The number of halogens is 1. The van der Waals surface area contributed by atoms with E-state index in [1.54, 1.807) is 0 Å². The van der Waals surface area contributed by atoms with Gasteiger partial charge in [0, 0.05) is 17.0 Å². The summed E-state index contributed by atoms with van der Waals surface area (Å²) in [5.74, 6) is 1.03. The van der Waals surface area contributed by atoms with Gasteiger partial charge in [0.15, 0.2) is 5.69 Å². The Kier molecular flexibility index (Phi) is 4.99. The first kappa shape index (κ1) is 17.8. The molecule has 27 heavy (non-hydrogen) atoms. The second-order valence-corrected chi connectivity index (χ2v) is 7.30. The van der Waals surface area contributed by atoms with Crippen molar-refractivity contribution in [2.75, 3.05) is 7.11 Å². The summed E-state index contributed by atoms with van der Waals surface area (Å²) < 4.78 is 9.51. The number of carbonyl (C=O) groups excluding carboxylic acids is 1. The van der Waals surface area contributed by atoms with E-state index >= 15 is 0 Å². The van der Waals surface area contributed by atoms with Gasteiger partial charge in [-0.3, -0.25) is 0 Å². The van der Waals surface area contributed by atoms with E-state index in [-0.39, 0.29) is 5.97 Å². The number of rotatable bonds is 4. The third kappa shape index (κ3) is 3.62. The molecule has 1 aliphatic heterocycles. The lowest BCUT2D eigenvalue weighted by atomic mass is 10.1. The lowest BCUT2D eigenvalue weighted by Crippen LogP contribution is -2.38. The number of fused-ring (bicyclic) bond motifs is 1. The fraction of sp³-hybridized carbons (Fsp3) is 0.273. The smallest absolute Gasteiger partial charge is 0.337 e. The van der Waals surface area contributed by atoms with Gasteiger partial charge in [0.2, 0.25) is 0 Å². The van der Waals surface area contributed by atoms with Crippen LogP contribution in [0.3, 0.4) is 0 Å². The molecule has 5 heteroatoms. The molecular formula is C22H22ClN2O2+. The normalized spacial score (nSPS) is 13.3. The van der Waals surface area contributed by atoms with E-state index in [0.717, 1.165) is 35.7 Å². The fourth-order valence-electron chi connectivity index (χ4n) is 3.74. The summed E-state index contributed by atoms with van der Waals surface area (Å²) in [6.45, 7) is 1.81. The molecule has 138 valence electrons. The van der Waals surface area contributed by atoms with Crippen molar-refractivity contribution in [2.45, 2.75) is 32.4 Å². The van der Waals surface area contributed by atoms with Crippen molar-refractivity contribution in [3.63, 3.8) is 0 Å². The first-order valence-electron chi connectivity index (χ1n) is 9.21. The zero-order valence-corrected chi connectivity index (χ0v) is 16.1. The average molecular weight is 382 g/mol. The molecular weight excluding hydrogens is 360 g/mol. The molecule has 0 unspecified atom stereocenters. The highest BCUT2D eigenvalue weighted by Gasteiger charge is 2.27. The summed E-state index contributed by atoms with van der Waals surface area (Å²) in [6.07, 6.45) is 5.70. The maximum absolute atomic E-state index is 11.6. The quantitative estimate of drug-likeness (QED) is 0.499. The Morgan fingerprint density at radius 2 is 2.00 bits per heavy atom. The lowest BCUT2D eigenvalue weighted by molar-refractivity contribution is -0.695. The maximum atomic E-state index is 11.6. The molecule has 0 radical (unpaired) electrons. The zero-order valence-electron chi connectivity index (χ0n) is 15.3. The number of hydrogen-bond acceptors (Lipinski definition) is 2. The van der Waals surface area contributed by atoms with Crippen molar-refractivity contribution in [1.82, 2.24) is 4.57 Å². The molecule has 1 aromatic heterocycles. The van der Waals surface area contributed by atoms with E-state index in [1.165, 1.54) is 31.5 Å². The molecule has 4 rings (SSSR count). The van der Waals surface area contributed by atoms with Crippen molar-refractivity contribution in [1.29, 1.82) is 0 Å². The van der Waals surface area contributed by atoms with E-state index < -0.39 is 0 Å². The number of benzene rings is 2. The highest BCUT2D eigenvalue weighted by molar-refractivity contribution is 6.30. The van der Waals surface area contributed by atoms with Crippen LogP contribution in [0.2, 0.25) is 5.02 Å². The van der Waals surface area contributed by atoms with E-state index in [1.807, 2.05) is 42.5 Å². The van der Waals surface area contributed by atoms with Crippen LogP contribution in [0.25, 0.3) is 11.3 Å². The molecule has 1 aliphatic rings. The lowest BCUT2D eigenvalue weighted by Gasteiger charge is -2.11. The van der Waals surface area contributed by atoms with Gasteiger partial charge in [0.1, 0.15) is 12.7 Å². The Morgan fingerprint density at radius 3 is 2.74 bits per heavy atom. The zero-order chi connectivity index (χ0) is 18.8. The number of nitrogens with zero attached hydrogens (tertiary/aromatic N) is 2. The summed E-state index contributed by atoms with van der Waals surface area (Å²) in [7, 11) is 1.40. The second kappa shape index (κ2) is 7.57. The molecule has 0 fully saturated rings. The van der Waals surface area contributed by atoms with Gasteiger partial charge in [-0.2, -0.15) is 0 Å². The van der Waals surface area contributed by atoms with E-state index in [0.29, 0.717) is 5.56 Å². The number of ether oxygens (including phenoxy) is 1. The van der Waals surface area contributed by atoms with Crippen LogP contribution in [0.1, 0.15) is 34.6 Å². The summed E-state index contributed by atoms with van der Waals surface area (Å²) in [5.41, 5.74) is 4.08. The number of carbonyl (C=O) groups is 1. The Morgan fingerprint density at radius 1 is 1.19 bits per heavy atom. The van der Waals surface area contributed by atoms with Crippen molar-refractivity contribution >= 4 is 17.6 Å². The standard InChI is InChI=1S/C22H22ClN2O2/c1-27-22(26)17-10-8-16(9-11-17)14-24-15-20(18-5-4-6-19(23)13-18)25-12-3-2-7-21(24)25/h4-6,8-11,13,15H,2-3,7,12,14H2,1H3/q+1. The molecule has 0 spiro atoms. The Hall–Kier alpha value is -2.59. The van der Waals surface area contributed by atoms with Crippen LogP contribution in [0.15, 0.2) is 54.7 Å². The van der Waals surface area contributed by atoms with Crippen molar-refractivity contribution in [2.24, 2.45) is 0 Å². The molecule has 0 saturated heterocycles. The number of hydrogen-bond donors (Lipinski definition) is 0. The molecule has 0 saturated carbocycles. The molecule has 0 aliphatic carbocycles. The van der Waals surface area contributed by atoms with Crippen molar-refractivity contribution in [3.05, 3.63) is 76.7 Å². The largest absolute Gasteiger partial charge is 0.465 e. The molecule has 3 aromatic rings. The number of methoxy groups -OCH3 is 1. The molecule has 0 N–H and O–H groups in total. The van der Waals surface area contributed by atoms with E-state index in [9.17, 15) is 4.79 Å². The second-order valence-electron chi connectivity index (χ2n) is 6.87. The summed E-state index contributed by atoms with van der Waals surface area (Å²) in [4.78, 5) is 11.6. The number of esters is 1. The monoisotopic (exact) mass is 381 g/mol. The minimum absolute atomic E-state index is 0.307. The van der Waals surface area contributed by atoms with Crippen LogP contribution in [0, 0.1) is 0 Å². The Labute approximate surface area is 164 Å². The Bertz CT molecular complexity index is 976. The fourth-order valence-corrected chi connectivity index (χ4v) is 3.93. The van der Waals surface area contributed by atoms with Gasteiger partial charge in [0.25, 0.3) is 5.82 Å². The van der Waals surface area contributed by atoms with Gasteiger partial charge in [0.05, 0.1) is 19.2 Å². The van der Waals surface area contributed by atoms with Gasteiger partial charge in [-0.05, 0) is 42.7 Å². The molecule has 2 aromatic carbocycles. The van der Waals surface area contributed by atoms with Gasteiger partial charge in [-0.25, -0.2) is 13.9 Å². The summed E-state index contributed by atoms with van der Waals surface area (Å²) in [6, 6.07) is 15.7. The van der Waals surface area contributed by atoms with Gasteiger partial charge in [-0.15, -0.1) is 0 Å². The van der Waals surface area contributed by atoms with Gasteiger partial charge >= 0.3 is 5.97 Å². The third-order valence-electron chi connectivity index (χ3n) is 5.09. The van der Waals surface area contributed by atoms with Gasteiger partial charge in [-0.1, -0.05) is 35.9 Å². The third-order valence-corrected chi connectivity index (χ3v) is 5.33. The highest BCUT2D eigenvalue weighted by Crippen LogP contribution is 2.26. The SMILES string of the molecule is COC(=O)c1ccc(C[n+]2cc(-c3cccc(Cl)c3)n3c2CCCC3)cc1. The minimum atomic E-state index is -0.307. The van der Waals surface area contributed by atoms with Crippen LogP contribution >= 0.6 is 11.6 Å². The van der Waals surface area contributed by atoms with E-state index in [2.05, 4.69) is 21.4 Å². The number of aromatic nitrogens is 2. The first-order valence-corrected chi connectivity index (χ1v) is 9.58. The predicted molar refractivity (Wildman–Crippen MR) is 105 cm³/mol. The molecule has 4 nitrogen and oxygen atoms in total. The highest BCUT2D eigenvalue weighted by atomic mass is 35.5. The van der Waals surface area contributed by atoms with Crippen molar-refractivity contribution in [3.8, 4) is 11.3 Å². The van der Waals surface area contributed by atoms with Crippen LogP contribution in [-0.2, 0) is 24.2 Å². The summed E-state index contributed by atoms with van der Waals surface area (Å²) in [5, 5.41) is 0.754. The van der Waals surface area contributed by atoms with E-state index in [4.69, 9.17) is 16.3 Å².